The topological polar surface area (TPSA) is 91.1 Å². The van der Waals surface area contributed by atoms with Gasteiger partial charge in [-0.2, -0.15) is 5.10 Å². The predicted molar refractivity (Wildman–Crippen MR) is 99.0 cm³/mol. The Bertz CT molecular complexity index is 1040. The number of aromatic nitrogens is 3. The lowest BCUT2D eigenvalue weighted by Crippen LogP contribution is -2.31. The number of amides is 1. The number of rotatable bonds is 2. The minimum absolute atomic E-state index is 0.0691. The van der Waals surface area contributed by atoms with Gasteiger partial charge in [-0.25, -0.2) is 0 Å². The monoisotopic (exact) mass is 370 g/mol. The van der Waals surface area contributed by atoms with Crippen LogP contribution in [-0.4, -0.2) is 45.7 Å². The van der Waals surface area contributed by atoms with Gasteiger partial charge < -0.3 is 14.6 Å². The minimum Gasteiger partial charge on any atom is -0.491 e. The van der Waals surface area contributed by atoms with Gasteiger partial charge in [0, 0.05) is 30.2 Å². The highest BCUT2D eigenvalue weighted by Gasteiger charge is 2.29. The molecule has 8 heteroatoms. The fourth-order valence-electron chi connectivity index (χ4n) is 3.86. The van der Waals surface area contributed by atoms with Crippen molar-refractivity contribution in [3.05, 3.63) is 34.0 Å². The Balaban J connectivity index is 1.77. The number of nitrogens with zero attached hydrogens (tertiary/aromatic N) is 2. The van der Waals surface area contributed by atoms with E-state index in [-0.39, 0.29) is 11.5 Å². The van der Waals surface area contributed by atoms with Crippen LogP contribution >= 0.6 is 11.3 Å². The number of hydrogen-bond acceptors (Lipinski definition) is 5. The zero-order valence-corrected chi connectivity index (χ0v) is 14.9. The summed E-state index contributed by atoms with van der Waals surface area (Å²) in [5.74, 6) is 0.640. The Morgan fingerprint density at radius 2 is 2.12 bits per heavy atom. The number of pyridine rings is 1. The molecule has 0 unspecified atom stereocenters. The molecule has 1 saturated heterocycles. The van der Waals surface area contributed by atoms with E-state index in [0.717, 1.165) is 60.2 Å². The van der Waals surface area contributed by atoms with Crippen LogP contribution in [0.5, 0.6) is 5.75 Å². The standard InChI is InChI=1S/C18H18N4O3S/c23-17-16-12-11(13(21-17)18(24)22-5-1-2-6-22)4-3-7-25-14(12)15(26-16)10-8-19-20-9-10/h8-9H,1-7H2,(H,19,20)(H,21,23). The van der Waals surface area contributed by atoms with Gasteiger partial charge in [-0.05, 0) is 31.2 Å². The van der Waals surface area contributed by atoms with Gasteiger partial charge in [0.25, 0.3) is 11.5 Å². The van der Waals surface area contributed by atoms with Crippen LogP contribution in [0.4, 0.5) is 0 Å². The summed E-state index contributed by atoms with van der Waals surface area (Å²) in [4.78, 5) is 31.4. The van der Waals surface area contributed by atoms with E-state index in [1.807, 2.05) is 4.90 Å². The van der Waals surface area contributed by atoms with E-state index in [1.54, 1.807) is 12.4 Å². The summed E-state index contributed by atoms with van der Waals surface area (Å²) in [6.07, 6.45) is 7.08. The molecule has 0 spiro atoms. The molecule has 0 aromatic carbocycles. The minimum atomic E-state index is -0.224. The third kappa shape index (κ3) is 2.28. The smallest absolute Gasteiger partial charge is 0.270 e. The Kier molecular flexibility index (Phi) is 3.59. The molecule has 2 aliphatic heterocycles. The summed E-state index contributed by atoms with van der Waals surface area (Å²) < 4.78 is 6.64. The molecule has 3 aromatic rings. The molecule has 134 valence electrons. The molecule has 7 nitrogen and oxygen atoms in total. The first-order chi connectivity index (χ1) is 12.7. The van der Waals surface area contributed by atoms with Gasteiger partial charge in [0.2, 0.25) is 0 Å². The first-order valence-corrected chi connectivity index (χ1v) is 9.68. The number of nitrogens with one attached hydrogen (secondary N) is 2. The van der Waals surface area contributed by atoms with Crippen molar-refractivity contribution >= 4 is 27.3 Å². The van der Waals surface area contributed by atoms with Crippen molar-refractivity contribution in [1.82, 2.24) is 20.1 Å². The first kappa shape index (κ1) is 15.6. The second kappa shape index (κ2) is 5.98. The van der Waals surface area contributed by atoms with Crippen LogP contribution < -0.4 is 10.3 Å². The Morgan fingerprint density at radius 1 is 1.27 bits per heavy atom. The van der Waals surface area contributed by atoms with Crippen molar-refractivity contribution in [3.8, 4) is 16.2 Å². The van der Waals surface area contributed by atoms with Crippen LogP contribution in [0.25, 0.3) is 20.5 Å². The fraction of sp³-hybridized carbons (Fsp3) is 0.389. The van der Waals surface area contributed by atoms with E-state index in [1.165, 1.54) is 11.3 Å². The SMILES string of the molecule is O=C(c1[nH]c(=O)c2sc(-c3cn[nH]c3)c3c2c1CCCO3)N1CCCC1. The largest absolute Gasteiger partial charge is 0.491 e. The lowest BCUT2D eigenvalue weighted by atomic mass is 10.0. The Hall–Kier alpha value is -2.61. The van der Waals surface area contributed by atoms with Gasteiger partial charge in [-0.1, -0.05) is 0 Å². The number of carbonyl (C=O) groups excluding carboxylic acids is 1. The summed E-state index contributed by atoms with van der Waals surface area (Å²) in [6.45, 7) is 2.08. The van der Waals surface area contributed by atoms with E-state index in [2.05, 4.69) is 15.2 Å². The molecule has 0 bridgehead atoms. The summed E-state index contributed by atoms with van der Waals surface area (Å²) in [7, 11) is 0. The van der Waals surface area contributed by atoms with Crippen LogP contribution in [-0.2, 0) is 6.42 Å². The third-order valence-corrected chi connectivity index (χ3v) is 6.32. The summed E-state index contributed by atoms with van der Waals surface area (Å²) in [6, 6.07) is 0. The Morgan fingerprint density at radius 3 is 2.88 bits per heavy atom. The van der Waals surface area contributed by atoms with E-state index in [4.69, 9.17) is 4.74 Å². The van der Waals surface area contributed by atoms with Crippen LogP contribution in [0.2, 0.25) is 0 Å². The van der Waals surface area contributed by atoms with Gasteiger partial charge in [0.15, 0.2) is 0 Å². The number of hydrogen-bond donors (Lipinski definition) is 2. The van der Waals surface area contributed by atoms with Gasteiger partial charge in [-0.3, -0.25) is 14.7 Å². The van der Waals surface area contributed by atoms with Crippen molar-refractivity contribution in [2.24, 2.45) is 0 Å². The van der Waals surface area contributed by atoms with Gasteiger partial charge in [0.05, 0.1) is 17.7 Å². The van der Waals surface area contributed by atoms with E-state index >= 15 is 0 Å². The van der Waals surface area contributed by atoms with Crippen molar-refractivity contribution in [2.75, 3.05) is 19.7 Å². The zero-order chi connectivity index (χ0) is 17.7. The number of H-pyrrole nitrogens is 2. The summed E-state index contributed by atoms with van der Waals surface area (Å²) in [5.41, 5.74) is 2.02. The molecule has 0 aliphatic carbocycles. The number of aryl methyl sites for hydroxylation is 1. The van der Waals surface area contributed by atoms with Crippen molar-refractivity contribution in [3.63, 3.8) is 0 Å². The summed E-state index contributed by atoms with van der Waals surface area (Å²) in [5, 5.41) is 7.62. The molecule has 5 heterocycles. The van der Waals surface area contributed by atoms with Crippen LogP contribution in [0, 0.1) is 0 Å². The average Bonchev–Trinajstić information content (AvgIpc) is 3.37. The quantitative estimate of drug-likeness (QED) is 0.725. The molecule has 5 rings (SSSR count). The lowest BCUT2D eigenvalue weighted by Gasteiger charge is -2.17. The normalized spacial score (nSPS) is 16.7. The Labute approximate surface area is 153 Å². The van der Waals surface area contributed by atoms with E-state index < -0.39 is 0 Å². The maximum absolute atomic E-state index is 13.0. The predicted octanol–water partition coefficient (Wildman–Crippen LogP) is 2.54. The fourth-order valence-corrected chi connectivity index (χ4v) is 5.01. The number of carbonyl (C=O) groups is 1. The number of thiophene rings is 1. The second-order valence-corrected chi connectivity index (χ2v) is 7.73. The van der Waals surface area contributed by atoms with E-state index in [9.17, 15) is 9.59 Å². The van der Waals surface area contributed by atoms with Crippen LogP contribution in [0.15, 0.2) is 17.2 Å². The lowest BCUT2D eigenvalue weighted by molar-refractivity contribution is 0.0786. The molecule has 2 aliphatic rings. The van der Waals surface area contributed by atoms with Crippen molar-refractivity contribution in [2.45, 2.75) is 25.7 Å². The first-order valence-electron chi connectivity index (χ1n) is 8.87. The number of likely N-dealkylation sites (tertiary alicyclic amines) is 1. The van der Waals surface area contributed by atoms with Crippen LogP contribution in [0.1, 0.15) is 35.3 Å². The molecule has 0 radical (unpaired) electrons. The molecule has 1 amide bonds. The molecule has 3 aromatic heterocycles. The maximum Gasteiger partial charge on any atom is 0.270 e. The average molecular weight is 370 g/mol. The van der Waals surface area contributed by atoms with E-state index in [0.29, 0.717) is 22.8 Å². The molecule has 26 heavy (non-hydrogen) atoms. The highest BCUT2D eigenvalue weighted by molar-refractivity contribution is 7.22. The molecule has 2 N–H and O–H groups in total. The second-order valence-electron chi connectivity index (χ2n) is 6.71. The summed E-state index contributed by atoms with van der Waals surface area (Å²) >= 11 is 1.40. The van der Waals surface area contributed by atoms with Crippen LogP contribution in [0.3, 0.4) is 0 Å². The molecule has 0 saturated carbocycles. The molecular weight excluding hydrogens is 352 g/mol. The van der Waals surface area contributed by atoms with Crippen molar-refractivity contribution in [1.29, 1.82) is 0 Å². The number of aromatic amines is 2. The molecule has 0 atom stereocenters. The van der Waals surface area contributed by atoms with Gasteiger partial charge in [0.1, 0.15) is 16.1 Å². The van der Waals surface area contributed by atoms with Gasteiger partial charge >= 0.3 is 0 Å². The maximum atomic E-state index is 13.0. The molecular formula is C18H18N4O3S. The van der Waals surface area contributed by atoms with Gasteiger partial charge in [-0.15, -0.1) is 11.3 Å². The molecule has 1 fully saturated rings. The number of ether oxygens (including phenoxy) is 1. The highest BCUT2D eigenvalue weighted by atomic mass is 32.1. The zero-order valence-electron chi connectivity index (χ0n) is 14.1. The van der Waals surface area contributed by atoms with Crippen molar-refractivity contribution < 1.29 is 9.53 Å². The third-order valence-electron chi connectivity index (χ3n) is 5.10. The highest BCUT2D eigenvalue weighted by Crippen LogP contribution is 2.46.